The molecule has 0 aliphatic rings. The van der Waals surface area contributed by atoms with Crippen molar-refractivity contribution in [2.45, 2.75) is 19.8 Å². The molecule has 0 spiro atoms. The topological polar surface area (TPSA) is 143 Å². The molecule has 1 rings (SSSR count). The summed E-state index contributed by atoms with van der Waals surface area (Å²) >= 11 is 0. The molecule has 0 aliphatic carbocycles. The molecule has 0 fully saturated rings. The number of amides is 1. The number of nitrogens with zero attached hydrogens (tertiary/aromatic N) is 4. The molecule has 1 aromatic rings. The normalized spacial score (nSPS) is 10.6. The summed E-state index contributed by atoms with van der Waals surface area (Å²) in [6.07, 6.45) is 6.25. The summed E-state index contributed by atoms with van der Waals surface area (Å²) in [6.45, 7) is 16.7. The molecule has 0 saturated heterocycles. The van der Waals surface area contributed by atoms with Gasteiger partial charge in [0.15, 0.2) is 0 Å². The van der Waals surface area contributed by atoms with Crippen LogP contribution < -0.4 is 15.4 Å². The lowest BCUT2D eigenvalue weighted by Crippen LogP contribution is -2.34. The van der Waals surface area contributed by atoms with Crippen LogP contribution >= 0.6 is 0 Å². The van der Waals surface area contributed by atoms with Gasteiger partial charge < -0.3 is 19.9 Å². The second kappa shape index (κ2) is 14.0. The SMILES string of the molecule is C=CCCOc1nc(N)c([N+](=O)[O-])c(N(CC/C(C=C)=C/C(=C)OCC=C)C(=O)OCC)n1. The second-order valence-electron chi connectivity index (χ2n) is 6.34. The van der Waals surface area contributed by atoms with Crippen molar-refractivity contribution in [1.82, 2.24) is 9.97 Å². The van der Waals surface area contributed by atoms with E-state index in [1.807, 2.05) is 0 Å². The average molecular weight is 460 g/mol. The largest absolute Gasteiger partial charge is 0.490 e. The Morgan fingerprint density at radius 3 is 2.55 bits per heavy atom. The first-order valence-electron chi connectivity index (χ1n) is 10.0. The number of anilines is 2. The molecular weight excluding hydrogens is 430 g/mol. The minimum absolute atomic E-state index is 0.0444. The van der Waals surface area contributed by atoms with Gasteiger partial charge in [0.05, 0.1) is 18.1 Å². The summed E-state index contributed by atoms with van der Waals surface area (Å²) in [4.78, 5) is 32.5. The van der Waals surface area contributed by atoms with Crippen LogP contribution in [0.2, 0.25) is 0 Å². The van der Waals surface area contributed by atoms with Crippen LogP contribution in [0.1, 0.15) is 19.8 Å². The zero-order chi connectivity index (χ0) is 24.8. The highest BCUT2D eigenvalue weighted by atomic mass is 16.6. The fourth-order valence-corrected chi connectivity index (χ4v) is 2.47. The number of nitro groups is 1. The minimum atomic E-state index is -0.846. The maximum Gasteiger partial charge on any atom is 0.415 e. The van der Waals surface area contributed by atoms with Crippen LogP contribution in [-0.4, -0.2) is 47.3 Å². The van der Waals surface area contributed by atoms with Gasteiger partial charge in [-0.15, -0.1) is 6.58 Å². The second-order valence-corrected chi connectivity index (χ2v) is 6.34. The summed E-state index contributed by atoms with van der Waals surface area (Å²) < 4.78 is 15.8. The molecule has 0 aliphatic heterocycles. The molecule has 1 amide bonds. The molecule has 0 bridgehead atoms. The van der Waals surface area contributed by atoms with Gasteiger partial charge in [-0.25, -0.2) is 4.79 Å². The monoisotopic (exact) mass is 459 g/mol. The zero-order valence-corrected chi connectivity index (χ0v) is 18.7. The van der Waals surface area contributed by atoms with Crippen molar-refractivity contribution in [2.24, 2.45) is 0 Å². The lowest BCUT2D eigenvalue weighted by atomic mass is 10.1. The van der Waals surface area contributed by atoms with E-state index in [1.165, 1.54) is 0 Å². The molecule has 0 radical (unpaired) electrons. The van der Waals surface area contributed by atoms with E-state index in [0.29, 0.717) is 17.8 Å². The van der Waals surface area contributed by atoms with Gasteiger partial charge >= 0.3 is 17.8 Å². The highest BCUT2D eigenvalue weighted by Gasteiger charge is 2.32. The number of hydrogen-bond acceptors (Lipinski definition) is 9. The molecule has 11 heteroatoms. The van der Waals surface area contributed by atoms with Gasteiger partial charge in [0, 0.05) is 6.54 Å². The van der Waals surface area contributed by atoms with E-state index < -0.39 is 22.5 Å². The maximum absolute atomic E-state index is 12.7. The highest BCUT2D eigenvalue weighted by molar-refractivity contribution is 5.90. The number of aromatic nitrogens is 2. The van der Waals surface area contributed by atoms with Crippen LogP contribution in [0.15, 0.2) is 62.0 Å². The van der Waals surface area contributed by atoms with Gasteiger partial charge in [-0.1, -0.05) is 38.0 Å². The number of allylic oxidation sites excluding steroid dienone is 2. The van der Waals surface area contributed by atoms with Crippen LogP contribution in [0.4, 0.5) is 22.1 Å². The number of nitrogens with two attached hydrogens (primary N) is 1. The molecule has 2 N–H and O–H groups in total. The lowest BCUT2D eigenvalue weighted by molar-refractivity contribution is -0.383. The Labute approximate surface area is 192 Å². The number of ether oxygens (including phenoxy) is 3. The Balaban J connectivity index is 3.35. The molecule has 1 aromatic heterocycles. The Bertz CT molecular complexity index is 928. The third kappa shape index (κ3) is 8.48. The lowest BCUT2D eigenvalue weighted by Gasteiger charge is -2.21. The van der Waals surface area contributed by atoms with Gasteiger partial charge in [-0.2, -0.15) is 9.97 Å². The maximum atomic E-state index is 12.7. The number of rotatable bonds is 15. The summed E-state index contributed by atoms with van der Waals surface area (Å²) in [5, 5.41) is 11.7. The van der Waals surface area contributed by atoms with Crippen molar-refractivity contribution < 1.29 is 23.9 Å². The predicted molar refractivity (Wildman–Crippen MR) is 126 cm³/mol. The summed E-state index contributed by atoms with van der Waals surface area (Å²) in [5.41, 5.74) is 5.82. The van der Waals surface area contributed by atoms with E-state index in [1.54, 1.807) is 31.2 Å². The zero-order valence-electron chi connectivity index (χ0n) is 18.7. The van der Waals surface area contributed by atoms with E-state index in [9.17, 15) is 14.9 Å². The summed E-state index contributed by atoms with van der Waals surface area (Å²) in [7, 11) is 0. The van der Waals surface area contributed by atoms with E-state index >= 15 is 0 Å². The first-order chi connectivity index (χ1) is 15.8. The Kier molecular flexibility index (Phi) is 11.4. The Morgan fingerprint density at radius 2 is 1.97 bits per heavy atom. The summed E-state index contributed by atoms with van der Waals surface area (Å²) in [5.74, 6) is -0.425. The standard InChI is InChI=1S/C22H29N5O6/c1-6-10-14-33-21-24-19(23)18(27(29)30)20(25-21)26(22(28)31-9-4)12-11-17(8-3)15-16(5)32-13-7-2/h6-8,15H,1-3,5,9-14H2,4H3,(H2,23,24,25)/b17-15+. The number of carbonyl (C=O) groups excluding carboxylic acids is 1. The van der Waals surface area contributed by atoms with Crippen LogP contribution in [0.5, 0.6) is 6.01 Å². The van der Waals surface area contributed by atoms with Crippen molar-refractivity contribution in [3.63, 3.8) is 0 Å². The first kappa shape index (κ1) is 26.9. The van der Waals surface area contributed by atoms with E-state index in [2.05, 4.69) is 36.3 Å². The van der Waals surface area contributed by atoms with E-state index in [0.717, 1.165) is 4.90 Å². The van der Waals surface area contributed by atoms with E-state index in [4.69, 9.17) is 19.9 Å². The fraction of sp³-hybridized carbons (Fsp3) is 0.318. The number of hydrogen-bond donors (Lipinski definition) is 1. The van der Waals surface area contributed by atoms with Gasteiger partial charge in [0.1, 0.15) is 12.4 Å². The molecule has 11 nitrogen and oxygen atoms in total. The van der Waals surface area contributed by atoms with Gasteiger partial charge in [0.2, 0.25) is 11.6 Å². The van der Waals surface area contributed by atoms with Crippen LogP contribution in [0.25, 0.3) is 0 Å². The molecule has 0 atom stereocenters. The van der Waals surface area contributed by atoms with Gasteiger partial charge in [-0.05, 0) is 31.4 Å². The van der Waals surface area contributed by atoms with Crippen LogP contribution in [-0.2, 0) is 9.47 Å². The third-order valence-corrected chi connectivity index (χ3v) is 3.97. The third-order valence-electron chi connectivity index (χ3n) is 3.97. The number of carbonyl (C=O) groups is 1. The molecular formula is C22H29N5O6. The molecule has 0 unspecified atom stereocenters. The van der Waals surface area contributed by atoms with Gasteiger partial charge in [-0.3, -0.25) is 15.0 Å². The average Bonchev–Trinajstić information content (AvgIpc) is 2.76. The molecule has 1 heterocycles. The van der Waals surface area contributed by atoms with Crippen molar-refractivity contribution in [3.05, 3.63) is 72.1 Å². The molecule has 33 heavy (non-hydrogen) atoms. The van der Waals surface area contributed by atoms with Crippen molar-refractivity contribution >= 4 is 23.4 Å². The molecule has 0 saturated carbocycles. The van der Waals surface area contributed by atoms with Crippen molar-refractivity contribution in [3.8, 4) is 6.01 Å². The van der Waals surface area contributed by atoms with E-state index in [-0.39, 0.29) is 44.6 Å². The predicted octanol–water partition coefficient (Wildman–Crippen LogP) is 4.10. The highest BCUT2D eigenvalue weighted by Crippen LogP contribution is 2.33. The van der Waals surface area contributed by atoms with Gasteiger partial charge in [0.25, 0.3) is 0 Å². The van der Waals surface area contributed by atoms with Crippen LogP contribution in [0, 0.1) is 10.1 Å². The molecule has 178 valence electrons. The number of nitrogen functional groups attached to an aromatic ring is 1. The quantitative estimate of drug-likeness (QED) is 0.102. The minimum Gasteiger partial charge on any atom is -0.490 e. The van der Waals surface area contributed by atoms with Crippen molar-refractivity contribution in [1.29, 1.82) is 0 Å². The van der Waals surface area contributed by atoms with Crippen LogP contribution in [0.3, 0.4) is 0 Å². The van der Waals surface area contributed by atoms with Crippen molar-refractivity contribution in [2.75, 3.05) is 37.0 Å². The smallest absolute Gasteiger partial charge is 0.415 e. The Morgan fingerprint density at radius 1 is 1.24 bits per heavy atom. The fourth-order valence-electron chi connectivity index (χ4n) is 2.47. The first-order valence-corrected chi connectivity index (χ1v) is 10.0. The Hall–Kier alpha value is -4.15. The summed E-state index contributed by atoms with van der Waals surface area (Å²) in [6, 6.07) is -0.213. The molecule has 0 aromatic carbocycles.